The molecule has 1 aliphatic heterocycles. The summed E-state index contributed by atoms with van der Waals surface area (Å²) < 4.78 is 0. The maximum atomic E-state index is 12.3. The molecule has 0 spiro atoms. The number of benzene rings is 3. The largest absolute Gasteiger partial charge is 0.272 e. The standard InChI is InChI=1S/C21H17ClN2O/c22-14-21(25)24-20(16-7-2-1-3-8-16)13-19(23-24)18-11-10-15-6-4-5-9-17(15)12-18/h1-12,20H,13-14H2/t20-/m1/s1. The fraction of sp³-hybridized carbons (Fsp3) is 0.143. The summed E-state index contributed by atoms with van der Waals surface area (Å²) in [6.45, 7) is 0. The van der Waals surface area contributed by atoms with Gasteiger partial charge in [-0.2, -0.15) is 5.10 Å². The Kier molecular flexibility index (Phi) is 4.24. The van der Waals surface area contributed by atoms with Gasteiger partial charge in [0.2, 0.25) is 0 Å². The fourth-order valence-electron chi connectivity index (χ4n) is 3.28. The lowest BCUT2D eigenvalue weighted by molar-refractivity contribution is -0.130. The first-order chi connectivity index (χ1) is 12.3. The molecule has 1 amide bonds. The van der Waals surface area contributed by atoms with Crippen LogP contribution in [0.5, 0.6) is 0 Å². The Balaban J connectivity index is 1.72. The quantitative estimate of drug-likeness (QED) is 0.628. The van der Waals surface area contributed by atoms with E-state index in [1.165, 1.54) is 15.8 Å². The molecule has 0 radical (unpaired) electrons. The highest BCUT2D eigenvalue weighted by Gasteiger charge is 2.32. The first-order valence-corrected chi connectivity index (χ1v) is 8.79. The molecule has 0 aromatic heterocycles. The van der Waals surface area contributed by atoms with Crippen LogP contribution in [0.25, 0.3) is 10.8 Å². The molecule has 25 heavy (non-hydrogen) atoms. The molecular weight excluding hydrogens is 332 g/mol. The molecule has 0 N–H and O–H groups in total. The van der Waals surface area contributed by atoms with E-state index in [-0.39, 0.29) is 17.8 Å². The zero-order chi connectivity index (χ0) is 17.2. The van der Waals surface area contributed by atoms with Crippen molar-refractivity contribution in [1.82, 2.24) is 5.01 Å². The Hall–Kier alpha value is -2.65. The van der Waals surface area contributed by atoms with Crippen molar-refractivity contribution in [1.29, 1.82) is 0 Å². The van der Waals surface area contributed by atoms with Crippen molar-refractivity contribution < 1.29 is 4.79 Å². The van der Waals surface area contributed by atoms with Crippen molar-refractivity contribution in [2.24, 2.45) is 5.10 Å². The van der Waals surface area contributed by atoms with E-state index in [1.807, 2.05) is 42.5 Å². The number of amides is 1. The van der Waals surface area contributed by atoms with E-state index < -0.39 is 0 Å². The average Bonchev–Trinajstić information content (AvgIpc) is 3.13. The second kappa shape index (κ2) is 6.69. The Morgan fingerprint density at radius 3 is 2.48 bits per heavy atom. The summed E-state index contributed by atoms with van der Waals surface area (Å²) in [4.78, 5) is 12.3. The van der Waals surface area contributed by atoms with Gasteiger partial charge in [0.1, 0.15) is 5.88 Å². The van der Waals surface area contributed by atoms with Crippen LogP contribution in [0.4, 0.5) is 0 Å². The topological polar surface area (TPSA) is 32.7 Å². The molecule has 0 bridgehead atoms. The molecule has 0 fully saturated rings. The highest BCUT2D eigenvalue weighted by atomic mass is 35.5. The Bertz CT molecular complexity index is 952. The van der Waals surface area contributed by atoms with Gasteiger partial charge in [0.15, 0.2) is 0 Å². The highest BCUT2D eigenvalue weighted by Crippen LogP contribution is 2.33. The van der Waals surface area contributed by atoms with Gasteiger partial charge in [-0.15, -0.1) is 11.6 Å². The summed E-state index contributed by atoms with van der Waals surface area (Å²) in [5.74, 6) is -0.246. The number of hydrazone groups is 1. The normalized spacial score (nSPS) is 16.9. The van der Waals surface area contributed by atoms with Crippen LogP contribution < -0.4 is 0 Å². The van der Waals surface area contributed by atoms with Gasteiger partial charge in [-0.05, 0) is 28.0 Å². The summed E-state index contributed by atoms with van der Waals surface area (Å²) >= 11 is 5.80. The van der Waals surface area contributed by atoms with Crippen LogP contribution in [0.2, 0.25) is 0 Å². The predicted octanol–water partition coefficient (Wildman–Crippen LogP) is 4.76. The second-order valence-corrected chi connectivity index (χ2v) is 6.38. The van der Waals surface area contributed by atoms with Crippen molar-refractivity contribution in [3.05, 3.63) is 83.9 Å². The molecule has 1 atom stereocenters. The van der Waals surface area contributed by atoms with Crippen LogP contribution in [0.3, 0.4) is 0 Å². The van der Waals surface area contributed by atoms with Crippen LogP contribution in [0.15, 0.2) is 77.9 Å². The lowest BCUT2D eigenvalue weighted by atomic mass is 9.97. The molecule has 0 unspecified atom stereocenters. The molecule has 1 aliphatic rings. The SMILES string of the molecule is O=C(CCl)N1N=C(c2ccc3ccccc3c2)C[C@@H]1c1ccccc1. The minimum atomic E-state index is -0.175. The van der Waals surface area contributed by atoms with Gasteiger partial charge >= 0.3 is 0 Å². The summed E-state index contributed by atoms with van der Waals surface area (Å²) in [5.41, 5.74) is 3.03. The average molecular weight is 349 g/mol. The van der Waals surface area contributed by atoms with Crippen LogP contribution in [0.1, 0.15) is 23.6 Å². The van der Waals surface area contributed by atoms with Crippen molar-refractivity contribution in [3.63, 3.8) is 0 Å². The third-order valence-electron chi connectivity index (χ3n) is 4.55. The summed E-state index contributed by atoms with van der Waals surface area (Å²) in [7, 11) is 0. The molecular formula is C21H17ClN2O. The van der Waals surface area contributed by atoms with Crippen LogP contribution in [-0.2, 0) is 4.79 Å². The number of hydrogen-bond acceptors (Lipinski definition) is 2. The third-order valence-corrected chi connectivity index (χ3v) is 4.78. The highest BCUT2D eigenvalue weighted by molar-refractivity contribution is 6.27. The van der Waals surface area contributed by atoms with E-state index in [1.54, 1.807) is 0 Å². The Labute approximate surface area is 151 Å². The number of alkyl halides is 1. The summed E-state index contributed by atoms with van der Waals surface area (Å²) in [6.07, 6.45) is 0.685. The Morgan fingerprint density at radius 2 is 1.72 bits per heavy atom. The number of carbonyl (C=O) groups excluding carboxylic acids is 1. The molecule has 1 heterocycles. The maximum absolute atomic E-state index is 12.3. The monoisotopic (exact) mass is 348 g/mol. The van der Waals surface area contributed by atoms with Gasteiger partial charge in [-0.1, -0.05) is 66.7 Å². The molecule has 4 rings (SSSR count). The molecule has 0 saturated carbocycles. The van der Waals surface area contributed by atoms with Gasteiger partial charge in [0, 0.05) is 6.42 Å². The van der Waals surface area contributed by atoms with E-state index in [0.717, 1.165) is 16.8 Å². The predicted molar refractivity (Wildman–Crippen MR) is 102 cm³/mol. The van der Waals surface area contributed by atoms with Crippen molar-refractivity contribution >= 4 is 34.0 Å². The van der Waals surface area contributed by atoms with Gasteiger partial charge in [-0.25, -0.2) is 5.01 Å². The second-order valence-electron chi connectivity index (χ2n) is 6.11. The maximum Gasteiger partial charge on any atom is 0.258 e. The minimum Gasteiger partial charge on any atom is -0.272 e. The molecule has 3 aromatic carbocycles. The fourth-order valence-corrected chi connectivity index (χ4v) is 3.40. The van der Waals surface area contributed by atoms with Gasteiger partial charge in [0.05, 0.1) is 11.8 Å². The van der Waals surface area contributed by atoms with E-state index in [4.69, 9.17) is 11.6 Å². The van der Waals surface area contributed by atoms with Gasteiger partial charge in [-0.3, -0.25) is 4.79 Å². The number of rotatable bonds is 3. The molecule has 3 nitrogen and oxygen atoms in total. The number of halogens is 1. The molecule has 0 aliphatic carbocycles. The zero-order valence-corrected chi connectivity index (χ0v) is 14.4. The number of nitrogens with zero attached hydrogens (tertiary/aromatic N) is 2. The number of hydrogen-bond donors (Lipinski definition) is 0. The summed E-state index contributed by atoms with van der Waals surface area (Å²) in [5, 5.41) is 8.50. The molecule has 3 aromatic rings. The van der Waals surface area contributed by atoms with Gasteiger partial charge < -0.3 is 0 Å². The van der Waals surface area contributed by atoms with Crippen LogP contribution in [0, 0.1) is 0 Å². The first-order valence-electron chi connectivity index (χ1n) is 8.26. The van der Waals surface area contributed by atoms with Crippen molar-refractivity contribution in [3.8, 4) is 0 Å². The molecule has 124 valence electrons. The first kappa shape index (κ1) is 15.9. The van der Waals surface area contributed by atoms with E-state index in [2.05, 4.69) is 35.4 Å². The van der Waals surface area contributed by atoms with Crippen molar-refractivity contribution in [2.45, 2.75) is 12.5 Å². The smallest absolute Gasteiger partial charge is 0.258 e. The third kappa shape index (κ3) is 3.03. The van der Waals surface area contributed by atoms with Gasteiger partial charge in [0.25, 0.3) is 5.91 Å². The van der Waals surface area contributed by atoms with E-state index >= 15 is 0 Å². The molecule has 0 saturated heterocycles. The number of carbonyl (C=O) groups is 1. The Morgan fingerprint density at radius 1 is 1.00 bits per heavy atom. The summed E-state index contributed by atoms with van der Waals surface area (Å²) in [6, 6.07) is 24.4. The van der Waals surface area contributed by atoms with Crippen molar-refractivity contribution in [2.75, 3.05) is 5.88 Å². The van der Waals surface area contributed by atoms with E-state index in [9.17, 15) is 4.79 Å². The van der Waals surface area contributed by atoms with Crippen LogP contribution in [-0.4, -0.2) is 22.5 Å². The van der Waals surface area contributed by atoms with E-state index in [0.29, 0.717) is 6.42 Å². The molecule has 4 heteroatoms. The number of fused-ring (bicyclic) bond motifs is 1. The lowest BCUT2D eigenvalue weighted by Gasteiger charge is -2.21. The lowest BCUT2D eigenvalue weighted by Crippen LogP contribution is -2.27. The zero-order valence-electron chi connectivity index (χ0n) is 13.6. The van der Waals surface area contributed by atoms with Crippen LogP contribution >= 0.6 is 11.6 Å². The minimum absolute atomic E-state index is 0.0716.